The van der Waals surface area contributed by atoms with Crippen LogP contribution in [0.3, 0.4) is 0 Å². The molecular formula is C20H27F3N4O2. The maximum absolute atomic E-state index is 12.7. The Balaban J connectivity index is 1.32. The van der Waals surface area contributed by atoms with E-state index in [-0.39, 0.29) is 18.2 Å². The highest BCUT2D eigenvalue weighted by Gasteiger charge is 2.45. The van der Waals surface area contributed by atoms with Gasteiger partial charge in [-0.05, 0) is 44.7 Å². The lowest BCUT2D eigenvalue weighted by atomic mass is 9.95. The standard InChI is InChI=1S/C20H27F3N4O2/c1-2-29-19(28)27-15-4-5-16(27)12-17(11-15)25-7-9-26(10-8-25)18-6-3-14(13-24-18)20(21,22)23/h3,6,13,15-17H,2,4-5,7-12H2,1H3. The summed E-state index contributed by atoms with van der Waals surface area (Å²) in [5.41, 5.74) is -0.719. The molecule has 29 heavy (non-hydrogen) atoms. The smallest absolute Gasteiger partial charge is 0.417 e. The third kappa shape index (κ3) is 4.15. The molecule has 9 heteroatoms. The Morgan fingerprint density at radius 3 is 2.28 bits per heavy atom. The highest BCUT2D eigenvalue weighted by Crippen LogP contribution is 2.38. The topological polar surface area (TPSA) is 48.9 Å². The number of hydrogen-bond acceptors (Lipinski definition) is 5. The first-order chi connectivity index (χ1) is 13.9. The van der Waals surface area contributed by atoms with Gasteiger partial charge in [-0.25, -0.2) is 9.78 Å². The van der Waals surface area contributed by atoms with Gasteiger partial charge in [0.05, 0.1) is 12.2 Å². The second-order valence-electron chi connectivity index (χ2n) is 8.04. The maximum atomic E-state index is 12.7. The predicted octanol–water partition coefficient (Wildman–Crippen LogP) is 3.37. The Morgan fingerprint density at radius 1 is 1.10 bits per heavy atom. The molecule has 4 rings (SSSR count). The summed E-state index contributed by atoms with van der Waals surface area (Å²) in [4.78, 5) is 22.7. The zero-order chi connectivity index (χ0) is 20.6. The van der Waals surface area contributed by atoms with Crippen LogP contribution in [0.15, 0.2) is 18.3 Å². The van der Waals surface area contributed by atoms with Crippen LogP contribution < -0.4 is 4.90 Å². The summed E-state index contributed by atoms with van der Waals surface area (Å²) in [6.45, 7) is 5.42. The van der Waals surface area contributed by atoms with Crippen LogP contribution in [0.5, 0.6) is 0 Å². The van der Waals surface area contributed by atoms with Crippen molar-refractivity contribution in [1.29, 1.82) is 0 Å². The van der Waals surface area contributed by atoms with Gasteiger partial charge in [-0.1, -0.05) is 0 Å². The van der Waals surface area contributed by atoms with Crippen LogP contribution in [-0.2, 0) is 10.9 Å². The van der Waals surface area contributed by atoms with Crippen LogP contribution >= 0.6 is 0 Å². The fourth-order valence-corrected chi connectivity index (χ4v) is 5.00. The molecule has 0 spiro atoms. The number of amides is 1. The number of ether oxygens (including phenoxy) is 1. The number of alkyl halides is 3. The first-order valence-electron chi connectivity index (χ1n) is 10.3. The van der Waals surface area contributed by atoms with Crippen molar-refractivity contribution >= 4 is 11.9 Å². The molecule has 2 bridgehead atoms. The minimum absolute atomic E-state index is 0.184. The summed E-state index contributed by atoms with van der Waals surface area (Å²) in [6, 6.07) is 3.51. The Kier molecular flexibility index (Phi) is 5.59. The minimum atomic E-state index is -4.36. The summed E-state index contributed by atoms with van der Waals surface area (Å²) >= 11 is 0. The minimum Gasteiger partial charge on any atom is -0.450 e. The first-order valence-corrected chi connectivity index (χ1v) is 10.3. The van der Waals surface area contributed by atoms with Crippen LogP contribution in [0, 0.1) is 0 Å². The summed E-state index contributed by atoms with van der Waals surface area (Å²) in [5, 5.41) is 0. The molecule has 3 saturated heterocycles. The number of aromatic nitrogens is 1. The third-order valence-electron chi connectivity index (χ3n) is 6.42. The van der Waals surface area contributed by atoms with Gasteiger partial charge >= 0.3 is 12.3 Å². The van der Waals surface area contributed by atoms with Crippen molar-refractivity contribution in [2.24, 2.45) is 0 Å². The van der Waals surface area contributed by atoms with Crippen molar-refractivity contribution in [3.8, 4) is 0 Å². The Hall–Kier alpha value is -2.03. The van der Waals surface area contributed by atoms with Gasteiger partial charge < -0.3 is 14.5 Å². The van der Waals surface area contributed by atoms with Crippen LogP contribution in [-0.4, -0.2) is 71.8 Å². The van der Waals surface area contributed by atoms with E-state index < -0.39 is 11.7 Å². The SMILES string of the molecule is CCOC(=O)N1C2CCC1CC(N1CCN(c3ccc(C(F)(F)F)cn3)CC1)C2. The molecule has 0 saturated carbocycles. The fraction of sp³-hybridized carbons (Fsp3) is 0.700. The van der Waals surface area contributed by atoms with Crippen LogP contribution in [0.2, 0.25) is 0 Å². The van der Waals surface area contributed by atoms with E-state index in [1.165, 1.54) is 6.07 Å². The first kappa shape index (κ1) is 20.3. The summed E-state index contributed by atoms with van der Waals surface area (Å²) < 4.78 is 43.4. The summed E-state index contributed by atoms with van der Waals surface area (Å²) in [6.07, 6.45) is 0.371. The lowest BCUT2D eigenvalue weighted by Crippen LogP contribution is -2.56. The molecule has 4 heterocycles. The van der Waals surface area contributed by atoms with Crippen molar-refractivity contribution in [3.63, 3.8) is 0 Å². The number of halogens is 3. The highest BCUT2D eigenvalue weighted by atomic mass is 19.4. The number of carbonyl (C=O) groups excluding carboxylic acids is 1. The third-order valence-corrected chi connectivity index (χ3v) is 6.42. The van der Waals surface area contributed by atoms with Crippen LogP contribution in [0.4, 0.5) is 23.8 Å². The molecule has 1 amide bonds. The number of pyridine rings is 1. The average Bonchev–Trinajstić information content (AvgIpc) is 2.97. The molecule has 3 aliphatic rings. The van der Waals surface area contributed by atoms with Gasteiger partial charge in [-0.3, -0.25) is 4.90 Å². The number of hydrogen-bond donors (Lipinski definition) is 0. The van der Waals surface area contributed by atoms with E-state index in [1.54, 1.807) is 0 Å². The number of piperidine rings is 1. The van der Waals surface area contributed by atoms with Gasteiger partial charge in [0.1, 0.15) is 5.82 Å². The molecular weight excluding hydrogens is 385 g/mol. The Morgan fingerprint density at radius 2 is 1.76 bits per heavy atom. The predicted molar refractivity (Wildman–Crippen MR) is 102 cm³/mol. The molecule has 160 valence electrons. The quantitative estimate of drug-likeness (QED) is 0.762. The largest absolute Gasteiger partial charge is 0.450 e. The van der Waals surface area contributed by atoms with Gasteiger partial charge in [0.25, 0.3) is 0 Å². The van der Waals surface area contributed by atoms with Gasteiger partial charge in [0, 0.05) is 50.5 Å². The van der Waals surface area contributed by atoms with E-state index >= 15 is 0 Å². The Bertz CT molecular complexity index is 705. The van der Waals surface area contributed by atoms with Crippen molar-refractivity contribution in [1.82, 2.24) is 14.8 Å². The maximum Gasteiger partial charge on any atom is 0.417 e. The molecule has 0 N–H and O–H groups in total. The van der Waals surface area contributed by atoms with E-state index in [4.69, 9.17) is 4.74 Å². The second kappa shape index (κ2) is 8.01. The number of nitrogens with zero attached hydrogens (tertiary/aromatic N) is 4. The van der Waals surface area contributed by atoms with Crippen molar-refractivity contribution < 1.29 is 22.7 Å². The zero-order valence-corrected chi connectivity index (χ0v) is 16.6. The molecule has 0 aliphatic carbocycles. The van der Waals surface area contributed by atoms with Crippen molar-refractivity contribution in [2.75, 3.05) is 37.7 Å². The molecule has 2 unspecified atom stereocenters. The number of rotatable bonds is 3. The molecule has 1 aromatic heterocycles. The van der Waals surface area contributed by atoms with E-state index in [0.29, 0.717) is 18.5 Å². The van der Waals surface area contributed by atoms with Crippen molar-refractivity contribution in [2.45, 2.75) is 56.9 Å². The molecule has 0 aromatic carbocycles. The lowest BCUT2D eigenvalue weighted by molar-refractivity contribution is -0.137. The normalized spacial score (nSPS) is 27.9. The molecule has 3 fully saturated rings. The zero-order valence-electron chi connectivity index (χ0n) is 16.6. The molecule has 3 aliphatic heterocycles. The average molecular weight is 412 g/mol. The van der Waals surface area contributed by atoms with Crippen LogP contribution in [0.1, 0.15) is 38.2 Å². The Labute approximate surface area is 168 Å². The van der Waals surface area contributed by atoms with E-state index in [0.717, 1.165) is 64.1 Å². The van der Waals surface area contributed by atoms with E-state index in [1.807, 2.05) is 16.7 Å². The second-order valence-corrected chi connectivity index (χ2v) is 8.04. The molecule has 6 nitrogen and oxygen atoms in total. The van der Waals surface area contributed by atoms with Gasteiger partial charge in [0.15, 0.2) is 0 Å². The number of carbonyl (C=O) groups is 1. The fourth-order valence-electron chi connectivity index (χ4n) is 5.00. The molecule has 2 atom stereocenters. The van der Waals surface area contributed by atoms with Gasteiger partial charge in [-0.15, -0.1) is 0 Å². The molecule has 1 aromatic rings. The van der Waals surface area contributed by atoms with Gasteiger partial charge in [0.2, 0.25) is 0 Å². The monoisotopic (exact) mass is 412 g/mol. The number of anilines is 1. The lowest BCUT2D eigenvalue weighted by Gasteiger charge is -2.45. The number of piperazine rings is 1. The summed E-state index contributed by atoms with van der Waals surface area (Å²) in [5.74, 6) is 0.592. The van der Waals surface area contributed by atoms with Gasteiger partial charge in [-0.2, -0.15) is 13.2 Å². The van der Waals surface area contributed by atoms with E-state index in [9.17, 15) is 18.0 Å². The van der Waals surface area contributed by atoms with Crippen molar-refractivity contribution in [3.05, 3.63) is 23.9 Å². The molecule has 0 radical (unpaired) electrons. The highest BCUT2D eigenvalue weighted by molar-refractivity contribution is 5.69. The van der Waals surface area contributed by atoms with E-state index in [2.05, 4.69) is 9.88 Å². The summed E-state index contributed by atoms with van der Waals surface area (Å²) in [7, 11) is 0. The number of fused-ring (bicyclic) bond motifs is 2. The van der Waals surface area contributed by atoms with Crippen LogP contribution in [0.25, 0.3) is 0 Å².